The highest BCUT2D eigenvalue weighted by Crippen LogP contribution is 2.64. The van der Waals surface area contributed by atoms with Crippen LogP contribution >= 0.6 is 0 Å². The number of rotatable bonds is 1. The van der Waals surface area contributed by atoms with Gasteiger partial charge in [-0.1, -0.05) is 31.9 Å². The van der Waals surface area contributed by atoms with Gasteiger partial charge in [0.25, 0.3) is 0 Å². The van der Waals surface area contributed by atoms with Crippen molar-refractivity contribution in [2.24, 2.45) is 28.6 Å². The van der Waals surface area contributed by atoms with E-state index in [0.717, 1.165) is 18.3 Å². The Bertz CT molecular complexity index is 612. The van der Waals surface area contributed by atoms with E-state index in [4.69, 9.17) is 5.11 Å². The molecule has 0 aromatic carbocycles. The molecule has 4 heteroatoms. The Morgan fingerprint density at radius 2 is 2.04 bits per heavy atom. The smallest absolute Gasteiger partial charge is 0.405 e. The quantitative estimate of drug-likeness (QED) is 0.709. The normalized spacial score (nSPS) is 47.2. The van der Waals surface area contributed by atoms with Crippen LogP contribution in [-0.4, -0.2) is 23.0 Å². The van der Waals surface area contributed by atoms with Crippen molar-refractivity contribution >= 4 is 11.9 Å². The lowest BCUT2D eigenvalue weighted by Gasteiger charge is -2.57. The number of allylic oxidation sites excluding steroid dienone is 2. The average Bonchev–Trinajstić information content (AvgIpc) is 2.90. The zero-order chi connectivity index (χ0) is 17.1. The summed E-state index contributed by atoms with van der Waals surface area (Å²) in [5.41, 5.74) is 1.80. The number of hydrogen-bond donors (Lipinski definition) is 2. The van der Waals surface area contributed by atoms with Crippen molar-refractivity contribution in [1.29, 1.82) is 0 Å². The third-order valence-electron chi connectivity index (χ3n) is 8.09. The average molecular weight is 331 g/mol. The molecule has 0 radical (unpaired) electrons. The number of fused-ring (bicyclic) bond motifs is 5. The van der Waals surface area contributed by atoms with Gasteiger partial charge in [-0.3, -0.25) is 4.79 Å². The predicted molar refractivity (Wildman–Crippen MR) is 91.7 cm³/mol. The highest BCUT2D eigenvalue weighted by Gasteiger charge is 2.57. The van der Waals surface area contributed by atoms with Gasteiger partial charge in [-0.2, -0.15) is 0 Å². The van der Waals surface area contributed by atoms with Crippen LogP contribution in [0.2, 0.25) is 0 Å². The summed E-state index contributed by atoms with van der Waals surface area (Å²) in [6.45, 7) is 4.79. The van der Waals surface area contributed by atoms with Crippen LogP contribution in [0.4, 0.5) is 4.79 Å². The molecule has 0 aromatic heterocycles. The molecule has 1 amide bonds. The van der Waals surface area contributed by atoms with E-state index >= 15 is 0 Å². The van der Waals surface area contributed by atoms with Gasteiger partial charge in [-0.25, -0.2) is 4.79 Å². The number of Topliss-reactive ketones (excluding diaryl/α,β-unsaturated/α-hetero) is 1. The summed E-state index contributed by atoms with van der Waals surface area (Å²) in [7, 11) is 0. The highest BCUT2D eigenvalue weighted by atomic mass is 16.4. The van der Waals surface area contributed by atoms with Gasteiger partial charge in [0, 0.05) is 6.42 Å². The molecule has 0 saturated heterocycles. The molecule has 0 heterocycles. The molecule has 3 fully saturated rings. The maximum Gasteiger partial charge on any atom is 0.405 e. The molecule has 132 valence electrons. The summed E-state index contributed by atoms with van der Waals surface area (Å²) >= 11 is 0. The summed E-state index contributed by atoms with van der Waals surface area (Å²) in [6.07, 6.45) is 10.1. The largest absolute Gasteiger partial charge is 0.465 e. The number of carbonyl (C=O) groups excluding carboxylic acids is 1. The van der Waals surface area contributed by atoms with Crippen molar-refractivity contribution in [2.45, 2.75) is 71.3 Å². The first-order valence-electron chi connectivity index (χ1n) is 9.55. The highest BCUT2D eigenvalue weighted by molar-refractivity contribution is 5.90. The Labute approximate surface area is 144 Å². The number of carboxylic acid groups (broad SMARTS) is 1. The summed E-state index contributed by atoms with van der Waals surface area (Å²) in [4.78, 5) is 23.4. The number of nitrogens with one attached hydrogen (secondary N) is 1. The monoisotopic (exact) mass is 331 g/mol. The van der Waals surface area contributed by atoms with Crippen LogP contribution in [-0.2, 0) is 4.79 Å². The van der Waals surface area contributed by atoms with Crippen molar-refractivity contribution in [3.63, 3.8) is 0 Å². The van der Waals surface area contributed by atoms with Crippen molar-refractivity contribution in [2.75, 3.05) is 0 Å². The topological polar surface area (TPSA) is 66.4 Å². The van der Waals surface area contributed by atoms with E-state index in [1.807, 2.05) is 0 Å². The maximum absolute atomic E-state index is 12.4. The minimum atomic E-state index is -1.08. The number of ketones is 1. The van der Waals surface area contributed by atoms with E-state index in [0.29, 0.717) is 24.2 Å². The second kappa shape index (κ2) is 5.34. The number of carbonyl (C=O) groups is 2. The van der Waals surface area contributed by atoms with Gasteiger partial charge >= 0.3 is 6.09 Å². The third-order valence-corrected chi connectivity index (χ3v) is 8.09. The van der Waals surface area contributed by atoms with Crippen LogP contribution in [0.25, 0.3) is 0 Å². The molecule has 0 aliphatic heterocycles. The van der Waals surface area contributed by atoms with Crippen LogP contribution < -0.4 is 5.32 Å². The van der Waals surface area contributed by atoms with E-state index in [2.05, 4.69) is 25.2 Å². The zero-order valence-electron chi connectivity index (χ0n) is 14.8. The first-order chi connectivity index (χ1) is 11.3. The fourth-order valence-electron chi connectivity index (χ4n) is 6.84. The third kappa shape index (κ3) is 2.25. The van der Waals surface area contributed by atoms with E-state index in [9.17, 15) is 9.59 Å². The minimum absolute atomic E-state index is 0.00609. The SMILES string of the molecule is C[C@@]12CCC[C@H]1[C@@H]1CC=C3CC(=O)C(NC(=O)O)C[C@]3(C)[C@@H]1CC2. The van der Waals surface area contributed by atoms with Gasteiger partial charge < -0.3 is 10.4 Å². The minimum Gasteiger partial charge on any atom is -0.465 e. The summed E-state index contributed by atoms with van der Waals surface area (Å²) in [6, 6.07) is -0.528. The Morgan fingerprint density at radius 1 is 1.25 bits per heavy atom. The lowest BCUT2D eigenvalue weighted by atomic mass is 9.48. The van der Waals surface area contributed by atoms with Crippen LogP contribution in [0.15, 0.2) is 11.6 Å². The summed E-state index contributed by atoms with van der Waals surface area (Å²) in [5.74, 6) is 2.19. The fourth-order valence-corrected chi connectivity index (χ4v) is 6.84. The lowest BCUT2D eigenvalue weighted by molar-refractivity contribution is -0.124. The van der Waals surface area contributed by atoms with Crippen molar-refractivity contribution in [3.05, 3.63) is 11.6 Å². The Morgan fingerprint density at radius 3 is 2.79 bits per heavy atom. The molecular formula is C20H29NO3. The molecule has 0 spiro atoms. The van der Waals surface area contributed by atoms with Crippen LogP contribution in [0, 0.1) is 28.6 Å². The summed E-state index contributed by atoms with van der Waals surface area (Å²) < 4.78 is 0. The Kier molecular flexibility index (Phi) is 3.59. The van der Waals surface area contributed by atoms with Crippen LogP contribution in [0.3, 0.4) is 0 Å². The van der Waals surface area contributed by atoms with Crippen molar-refractivity contribution in [1.82, 2.24) is 5.32 Å². The molecule has 1 unspecified atom stereocenters. The zero-order valence-corrected chi connectivity index (χ0v) is 14.8. The van der Waals surface area contributed by atoms with E-state index in [-0.39, 0.29) is 11.2 Å². The van der Waals surface area contributed by atoms with Crippen LogP contribution in [0.1, 0.15) is 65.2 Å². The van der Waals surface area contributed by atoms with E-state index in [1.165, 1.54) is 37.7 Å². The first kappa shape index (κ1) is 16.2. The standard InChI is InChI=1S/C20H29NO3/c1-19-8-3-4-14(19)13-6-5-12-10-17(22)16(21-18(23)24)11-20(12,2)15(13)7-9-19/h5,13-16,21H,3-4,6-11H2,1-2H3,(H,23,24)/t13-,14-,15+,16?,19-,20-/m0/s1. The van der Waals surface area contributed by atoms with Crippen molar-refractivity contribution < 1.29 is 14.7 Å². The summed E-state index contributed by atoms with van der Waals surface area (Å²) in [5, 5.41) is 11.6. The second-order valence-corrected chi connectivity index (χ2v) is 9.19. The van der Waals surface area contributed by atoms with Gasteiger partial charge in [-0.05, 0) is 67.1 Å². The molecule has 3 saturated carbocycles. The molecule has 4 rings (SSSR count). The molecule has 6 atom stereocenters. The predicted octanol–water partition coefficient (Wildman–Crippen LogP) is 4.15. The molecule has 0 aromatic rings. The first-order valence-corrected chi connectivity index (χ1v) is 9.55. The van der Waals surface area contributed by atoms with Gasteiger partial charge in [0.2, 0.25) is 0 Å². The molecular weight excluding hydrogens is 302 g/mol. The van der Waals surface area contributed by atoms with Gasteiger partial charge in [0.15, 0.2) is 5.78 Å². The lowest BCUT2D eigenvalue weighted by Crippen LogP contribution is -2.54. The molecule has 24 heavy (non-hydrogen) atoms. The van der Waals surface area contributed by atoms with Gasteiger partial charge in [0.1, 0.15) is 0 Å². The van der Waals surface area contributed by atoms with E-state index in [1.54, 1.807) is 0 Å². The van der Waals surface area contributed by atoms with Crippen molar-refractivity contribution in [3.8, 4) is 0 Å². The van der Waals surface area contributed by atoms with Gasteiger partial charge in [0.05, 0.1) is 6.04 Å². The Balaban J connectivity index is 1.65. The molecule has 0 bridgehead atoms. The fraction of sp³-hybridized carbons (Fsp3) is 0.800. The Hall–Kier alpha value is -1.32. The molecule has 2 N–H and O–H groups in total. The van der Waals surface area contributed by atoms with Crippen LogP contribution in [0.5, 0.6) is 0 Å². The molecule has 4 aliphatic carbocycles. The molecule has 4 aliphatic rings. The maximum atomic E-state index is 12.4. The molecule has 4 nitrogen and oxygen atoms in total. The van der Waals surface area contributed by atoms with E-state index < -0.39 is 12.1 Å². The number of amides is 1. The second-order valence-electron chi connectivity index (χ2n) is 9.19. The number of hydrogen-bond acceptors (Lipinski definition) is 2. The van der Waals surface area contributed by atoms with Gasteiger partial charge in [-0.15, -0.1) is 0 Å².